The van der Waals surface area contributed by atoms with E-state index in [4.69, 9.17) is 23.2 Å². The quantitative estimate of drug-likeness (QED) is 0.571. The number of amides is 2. The number of hydrogen-bond acceptors (Lipinski definition) is 4. The molecule has 0 unspecified atom stereocenters. The van der Waals surface area contributed by atoms with Crippen LogP contribution in [0.1, 0.15) is 26.5 Å². The summed E-state index contributed by atoms with van der Waals surface area (Å²) in [5.74, 6) is -0.976. The number of nitrogens with one attached hydrogen (secondary N) is 2. The number of rotatable bonds is 6. The molecule has 0 fully saturated rings. The largest absolute Gasteiger partial charge is 0.350 e. The second-order valence-corrected chi connectivity index (χ2v) is 7.20. The molecule has 154 valence electrons. The summed E-state index contributed by atoms with van der Waals surface area (Å²) >= 11 is 11.7. The highest BCUT2D eigenvalue weighted by Gasteiger charge is 2.15. The maximum absolute atomic E-state index is 12.4. The van der Waals surface area contributed by atoms with Crippen LogP contribution in [0.3, 0.4) is 0 Å². The van der Waals surface area contributed by atoms with Crippen molar-refractivity contribution in [2.45, 2.75) is 6.92 Å². The first-order chi connectivity index (χ1) is 14.4. The van der Waals surface area contributed by atoms with Crippen molar-refractivity contribution < 1.29 is 9.59 Å². The molecule has 2 amide bonds. The van der Waals surface area contributed by atoms with Gasteiger partial charge in [0.25, 0.3) is 11.8 Å². The molecule has 0 aliphatic rings. The molecule has 30 heavy (non-hydrogen) atoms. The fraction of sp³-hybridized carbons (Fsp3) is 0.143. The van der Waals surface area contributed by atoms with Gasteiger partial charge in [-0.2, -0.15) is 5.10 Å². The van der Waals surface area contributed by atoms with Crippen LogP contribution < -0.4 is 16.1 Å². The van der Waals surface area contributed by atoms with Crippen molar-refractivity contribution in [1.82, 2.24) is 20.4 Å². The highest BCUT2D eigenvalue weighted by molar-refractivity contribution is 6.42. The fourth-order valence-corrected chi connectivity index (χ4v) is 3.01. The Kier molecular flexibility index (Phi) is 6.87. The molecule has 1 heterocycles. The number of aromatic nitrogens is 2. The van der Waals surface area contributed by atoms with E-state index in [0.29, 0.717) is 16.3 Å². The number of benzene rings is 2. The Morgan fingerprint density at radius 1 is 0.933 bits per heavy atom. The molecule has 2 N–H and O–H groups in total. The molecule has 0 spiro atoms. The van der Waals surface area contributed by atoms with E-state index in [1.165, 1.54) is 22.9 Å². The van der Waals surface area contributed by atoms with Crippen LogP contribution in [0.2, 0.25) is 10.0 Å². The minimum atomic E-state index is -0.617. The van der Waals surface area contributed by atoms with Gasteiger partial charge in [-0.1, -0.05) is 41.4 Å². The number of nitrogens with zero attached hydrogens (tertiary/aromatic N) is 2. The number of para-hydroxylation sites is 1. The summed E-state index contributed by atoms with van der Waals surface area (Å²) in [5.41, 5.74) is 0.994. The molecule has 0 saturated heterocycles. The number of aryl methyl sites for hydroxylation is 1. The van der Waals surface area contributed by atoms with Gasteiger partial charge in [0, 0.05) is 30.4 Å². The van der Waals surface area contributed by atoms with E-state index >= 15 is 0 Å². The van der Waals surface area contributed by atoms with Gasteiger partial charge in [0.1, 0.15) is 0 Å². The molecule has 1 aromatic heterocycles. The summed E-state index contributed by atoms with van der Waals surface area (Å²) in [4.78, 5) is 36.8. The first-order valence-electron chi connectivity index (χ1n) is 9.04. The monoisotopic (exact) mass is 444 g/mol. The van der Waals surface area contributed by atoms with Crippen LogP contribution in [0.4, 0.5) is 0 Å². The fourth-order valence-electron chi connectivity index (χ4n) is 2.71. The van der Waals surface area contributed by atoms with Gasteiger partial charge in [-0.05, 0) is 37.3 Å². The highest BCUT2D eigenvalue weighted by atomic mass is 35.5. The zero-order chi connectivity index (χ0) is 21.7. The summed E-state index contributed by atoms with van der Waals surface area (Å²) < 4.78 is 1.53. The molecule has 0 bridgehead atoms. The second kappa shape index (κ2) is 9.56. The Balaban J connectivity index is 1.62. The van der Waals surface area contributed by atoms with Crippen molar-refractivity contribution >= 4 is 35.0 Å². The van der Waals surface area contributed by atoms with E-state index in [2.05, 4.69) is 15.7 Å². The van der Waals surface area contributed by atoms with Crippen LogP contribution in [0.25, 0.3) is 5.69 Å². The Hall–Kier alpha value is -3.16. The van der Waals surface area contributed by atoms with Gasteiger partial charge in [0.05, 0.1) is 15.7 Å². The number of halogens is 2. The van der Waals surface area contributed by atoms with E-state index in [9.17, 15) is 14.4 Å². The van der Waals surface area contributed by atoms with Crippen LogP contribution in [0, 0.1) is 6.92 Å². The highest BCUT2D eigenvalue weighted by Crippen LogP contribution is 2.22. The van der Waals surface area contributed by atoms with Gasteiger partial charge in [-0.3, -0.25) is 14.4 Å². The normalized spacial score (nSPS) is 10.5. The van der Waals surface area contributed by atoms with Crippen molar-refractivity contribution in [3.8, 4) is 5.69 Å². The van der Waals surface area contributed by atoms with Gasteiger partial charge in [-0.15, -0.1) is 0 Å². The number of carbonyl (C=O) groups is 2. The number of carbonyl (C=O) groups excluding carboxylic acids is 2. The van der Waals surface area contributed by atoms with E-state index in [1.54, 1.807) is 13.0 Å². The molecular formula is C21H18Cl2N4O3. The maximum Gasteiger partial charge on any atom is 0.275 e. The Morgan fingerprint density at radius 3 is 2.27 bits per heavy atom. The predicted molar refractivity (Wildman–Crippen MR) is 116 cm³/mol. The van der Waals surface area contributed by atoms with Crippen LogP contribution in [-0.2, 0) is 0 Å². The average molecular weight is 445 g/mol. The maximum atomic E-state index is 12.4. The second-order valence-electron chi connectivity index (χ2n) is 6.39. The topological polar surface area (TPSA) is 93.1 Å². The molecule has 3 aromatic rings. The lowest BCUT2D eigenvalue weighted by Crippen LogP contribution is -2.37. The lowest BCUT2D eigenvalue weighted by atomic mass is 10.2. The smallest absolute Gasteiger partial charge is 0.275 e. The summed E-state index contributed by atoms with van der Waals surface area (Å²) in [6.45, 7) is 2.01. The third-order valence-electron chi connectivity index (χ3n) is 4.20. The zero-order valence-corrected chi connectivity index (χ0v) is 17.5. The molecule has 0 atom stereocenters. The molecule has 7 nitrogen and oxygen atoms in total. The lowest BCUT2D eigenvalue weighted by molar-refractivity contribution is 0.0923. The van der Waals surface area contributed by atoms with Gasteiger partial charge >= 0.3 is 0 Å². The van der Waals surface area contributed by atoms with Crippen molar-refractivity contribution in [3.63, 3.8) is 0 Å². The summed E-state index contributed by atoms with van der Waals surface area (Å²) in [6, 6.07) is 15.1. The molecule has 0 aliphatic carbocycles. The first-order valence-corrected chi connectivity index (χ1v) is 9.80. The van der Waals surface area contributed by atoms with Crippen LogP contribution in [0.15, 0.2) is 59.4 Å². The molecule has 9 heteroatoms. The van der Waals surface area contributed by atoms with Gasteiger partial charge in [0.15, 0.2) is 5.69 Å². The van der Waals surface area contributed by atoms with E-state index < -0.39 is 11.3 Å². The van der Waals surface area contributed by atoms with Crippen molar-refractivity contribution in [3.05, 3.63) is 91.8 Å². The Morgan fingerprint density at radius 2 is 1.60 bits per heavy atom. The van der Waals surface area contributed by atoms with Gasteiger partial charge in [0.2, 0.25) is 5.43 Å². The first kappa shape index (κ1) is 21.5. The Bertz CT molecular complexity index is 1150. The summed E-state index contributed by atoms with van der Waals surface area (Å²) in [7, 11) is 0. The van der Waals surface area contributed by atoms with Crippen molar-refractivity contribution in [2.24, 2.45) is 0 Å². The van der Waals surface area contributed by atoms with Crippen molar-refractivity contribution in [2.75, 3.05) is 13.1 Å². The standard InChI is InChI=1S/C21H18Cl2N4O3/c1-13-11-18(28)19(26-27(13)15-5-3-2-4-6-15)21(30)25-10-9-24-20(29)14-7-8-16(22)17(23)12-14/h2-8,11-12H,9-10H2,1H3,(H,24,29)(H,25,30). The third-order valence-corrected chi connectivity index (χ3v) is 4.94. The molecule has 0 saturated carbocycles. The van der Waals surface area contributed by atoms with Gasteiger partial charge < -0.3 is 10.6 Å². The number of hydrogen-bond donors (Lipinski definition) is 2. The van der Waals surface area contributed by atoms with E-state index in [0.717, 1.165) is 5.69 Å². The zero-order valence-electron chi connectivity index (χ0n) is 16.0. The molecule has 0 radical (unpaired) electrons. The summed E-state index contributed by atoms with van der Waals surface area (Å²) in [5, 5.41) is 10.1. The van der Waals surface area contributed by atoms with Crippen LogP contribution >= 0.6 is 23.2 Å². The van der Waals surface area contributed by atoms with Crippen LogP contribution in [0.5, 0.6) is 0 Å². The molecule has 2 aromatic carbocycles. The van der Waals surface area contributed by atoms with Crippen LogP contribution in [-0.4, -0.2) is 34.7 Å². The molecule has 3 rings (SSSR count). The van der Waals surface area contributed by atoms with E-state index in [1.807, 2.05) is 30.3 Å². The third kappa shape index (κ3) is 5.06. The minimum Gasteiger partial charge on any atom is -0.350 e. The lowest BCUT2D eigenvalue weighted by Gasteiger charge is -2.11. The average Bonchev–Trinajstić information content (AvgIpc) is 2.73. The van der Waals surface area contributed by atoms with Crippen molar-refractivity contribution in [1.29, 1.82) is 0 Å². The van der Waals surface area contributed by atoms with Gasteiger partial charge in [-0.25, -0.2) is 4.68 Å². The minimum absolute atomic E-state index is 0.117. The predicted octanol–water partition coefficient (Wildman–Crippen LogP) is 3.01. The molecule has 0 aliphatic heterocycles. The SMILES string of the molecule is Cc1cc(=O)c(C(=O)NCCNC(=O)c2ccc(Cl)c(Cl)c2)nn1-c1ccccc1. The van der Waals surface area contributed by atoms with E-state index in [-0.39, 0.29) is 29.7 Å². The molecular weight excluding hydrogens is 427 g/mol. The Labute approximate surface area is 182 Å². The summed E-state index contributed by atoms with van der Waals surface area (Å²) in [6.07, 6.45) is 0.